The van der Waals surface area contributed by atoms with Gasteiger partial charge in [-0.1, -0.05) is 35.4 Å². The second kappa shape index (κ2) is 8.74. The highest BCUT2D eigenvalue weighted by atomic mass is 35.5. The number of anilines is 2. The molecule has 0 aliphatic carbocycles. The number of carbonyl (C=O) groups is 2. The topological polar surface area (TPSA) is 121 Å². The van der Waals surface area contributed by atoms with Crippen molar-refractivity contribution in [1.82, 2.24) is 5.32 Å². The van der Waals surface area contributed by atoms with Crippen LogP contribution in [-0.4, -0.2) is 29.8 Å². The average Bonchev–Trinajstić information content (AvgIpc) is 2.99. The first-order valence-corrected chi connectivity index (χ1v) is 9.31. The molecule has 2 aromatic rings. The van der Waals surface area contributed by atoms with Crippen LogP contribution in [0.4, 0.5) is 11.4 Å². The standard InChI is InChI=1S/C20H21ClN6O2/c1-11-6-8-13(9-7-11)23-19(22)27-20-25-16(18(29)26-20)10-17(28)24-15-5-3-4-14(21)12(15)2/h3-9,16H,10H2,1-2H3,(H,24,28)(H4,22,23,25,26,27,29). The molecule has 3 rings (SSSR count). The average molecular weight is 413 g/mol. The first kappa shape index (κ1) is 20.3. The Hall–Kier alpha value is -3.39. The Morgan fingerprint density at radius 3 is 2.66 bits per heavy atom. The minimum absolute atomic E-state index is 0.0591. The molecular formula is C20H21ClN6O2. The van der Waals surface area contributed by atoms with E-state index in [4.69, 9.17) is 17.3 Å². The van der Waals surface area contributed by atoms with Gasteiger partial charge in [0.25, 0.3) is 5.91 Å². The second-order valence-electron chi connectivity index (χ2n) is 6.61. The van der Waals surface area contributed by atoms with Crippen LogP contribution >= 0.6 is 11.6 Å². The van der Waals surface area contributed by atoms with Gasteiger partial charge in [-0.15, -0.1) is 0 Å². The summed E-state index contributed by atoms with van der Waals surface area (Å²) in [4.78, 5) is 32.6. The second-order valence-corrected chi connectivity index (χ2v) is 7.02. The molecule has 0 saturated carbocycles. The van der Waals surface area contributed by atoms with Crippen molar-refractivity contribution in [2.24, 2.45) is 15.7 Å². The molecule has 1 heterocycles. The van der Waals surface area contributed by atoms with Crippen molar-refractivity contribution < 1.29 is 9.59 Å². The molecule has 8 nitrogen and oxygen atoms in total. The molecule has 1 aliphatic rings. The Kier molecular flexibility index (Phi) is 6.13. The molecule has 150 valence electrons. The van der Waals surface area contributed by atoms with E-state index in [0.717, 1.165) is 16.8 Å². The van der Waals surface area contributed by atoms with Gasteiger partial charge in [0, 0.05) is 16.4 Å². The van der Waals surface area contributed by atoms with Crippen molar-refractivity contribution in [3.05, 3.63) is 58.6 Å². The third-order valence-electron chi connectivity index (χ3n) is 4.29. The molecule has 1 aliphatic heterocycles. The summed E-state index contributed by atoms with van der Waals surface area (Å²) < 4.78 is 0. The lowest BCUT2D eigenvalue weighted by Gasteiger charge is -2.10. The number of amides is 2. The number of nitrogens with one attached hydrogen (secondary N) is 3. The summed E-state index contributed by atoms with van der Waals surface area (Å²) in [6.07, 6.45) is -0.123. The zero-order valence-corrected chi connectivity index (χ0v) is 16.7. The highest BCUT2D eigenvalue weighted by molar-refractivity contribution is 6.31. The highest BCUT2D eigenvalue weighted by Gasteiger charge is 2.28. The third-order valence-corrected chi connectivity index (χ3v) is 4.70. The van der Waals surface area contributed by atoms with Crippen LogP contribution in [0.15, 0.2) is 52.4 Å². The minimum atomic E-state index is -0.875. The normalized spacial score (nSPS) is 16.2. The maximum atomic E-state index is 12.3. The Bertz CT molecular complexity index is 1000. The smallest absolute Gasteiger partial charge is 0.252 e. The van der Waals surface area contributed by atoms with E-state index in [1.807, 2.05) is 31.2 Å². The van der Waals surface area contributed by atoms with E-state index >= 15 is 0 Å². The van der Waals surface area contributed by atoms with E-state index in [-0.39, 0.29) is 24.2 Å². The number of nitrogens with zero attached hydrogens (tertiary/aromatic N) is 2. The molecule has 2 amide bonds. The van der Waals surface area contributed by atoms with Crippen LogP contribution in [0.25, 0.3) is 0 Å². The van der Waals surface area contributed by atoms with Gasteiger partial charge in [0.1, 0.15) is 6.04 Å². The van der Waals surface area contributed by atoms with Crippen molar-refractivity contribution in [2.75, 3.05) is 10.6 Å². The Balaban J connectivity index is 1.62. The minimum Gasteiger partial charge on any atom is -0.369 e. The summed E-state index contributed by atoms with van der Waals surface area (Å²) in [6, 6.07) is 11.9. The highest BCUT2D eigenvalue weighted by Crippen LogP contribution is 2.23. The van der Waals surface area contributed by atoms with Crippen LogP contribution in [-0.2, 0) is 9.59 Å². The summed E-state index contributed by atoms with van der Waals surface area (Å²) >= 11 is 6.05. The van der Waals surface area contributed by atoms with E-state index in [1.54, 1.807) is 25.1 Å². The fourth-order valence-corrected chi connectivity index (χ4v) is 2.85. The van der Waals surface area contributed by atoms with Gasteiger partial charge in [-0.25, -0.2) is 4.99 Å². The summed E-state index contributed by atoms with van der Waals surface area (Å²) in [7, 11) is 0. The lowest BCUT2D eigenvalue weighted by molar-refractivity contribution is -0.123. The lowest BCUT2D eigenvalue weighted by Crippen LogP contribution is -2.32. The largest absolute Gasteiger partial charge is 0.369 e. The number of aliphatic imine (C=N–C) groups is 2. The van der Waals surface area contributed by atoms with Crippen molar-refractivity contribution in [3.63, 3.8) is 0 Å². The van der Waals surface area contributed by atoms with Crippen LogP contribution in [0.3, 0.4) is 0 Å². The van der Waals surface area contributed by atoms with Crippen molar-refractivity contribution >= 4 is 46.7 Å². The number of guanidine groups is 2. The molecule has 1 unspecified atom stereocenters. The first-order valence-electron chi connectivity index (χ1n) is 8.93. The zero-order chi connectivity index (χ0) is 21.0. The van der Waals surface area contributed by atoms with Gasteiger partial charge in [-0.3, -0.25) is 14.9 Å². The fourth-order valence-electron chi connectivity index (χ4n) is 2.67. The van der Waals surface area contributed by atoms with Crippen LogP contribution in [0.2, 0.25) is 5.02 Å². The maximum Gasteiger partial charge on any atom is 0.252 e. The third kappa shape index (κ3) is 5.32. The molecule has 0 aromatic heterocycles. The van der Waals surface area contributed by atoms with Gasteiger partial charge in [0.2, 0.25) is 17.8 Å². The molecule has 0 bridgehead atoms. The van der Waals surface area contributed by atoms with Gasteiger partial charge < -0.3 is 16.4 Å². The van der Waals surface area contributed by atoms with Gasteiger partial charge in [-0.2, -0.15) is 4.99 Å². The lowest BCUT2D eigenvalue weighted by atomic mass is 10.1. The zero-order valence-electron chi connectivity index (χ0n) is 16.0. The van der Waals surface area contributed by atoms with E-state index in [0.29, 0.717) is 10.7 Å². The van der Waals surface area contributed by atoms with Crippen molar-refractivity contribution in [1.29, 1.82) is 0 Å². The monoisotopic (exact) mass is 412 g/mol. The Labute approximate surface area is 173 Å². The number of hydrogen-bond donors (Lipinski definition) is 4. The molecule has 5 N–H and O–H groups in total. The van der Waals surface area contributed by atoms with Crippen LogP contribution in [0.1, 0.15) is 17.5 Å². The SMILES string of the molecule is Cc1ccc(N/C(N)=N/C2=NC(CC(=O)Nc3cccc(Cl)c3C)C(=O)N2)cc1. The number of aryl methyl sites for hydroxylation is 1. The first-order chi connectivity index (χ1) is 13.8. The number of rotatable bonds is 4. The molecular weight excluding hydrogens is 392 g/mol. The quantitative estimate of drug-likeness (QED) is 0.455. The Morgan fingerprint density at radius 1 is 1.21 bits per heavy atom. The molecule has 1 atom stereocenters. The predicted octanol–water partition coefficient (Wildman–Crippen LogP) is 2.57. The van der Waals surface area contributed by atoms with E-state index < -0.39 is 11.9 Å². The van der Waals surface area contributed by atoms with Crippen LogP contribution in [0.5, 0.6) is 0 Å². The maximum absolute atomic E-state index is 12.3. The number of benzene rings is 2. The molecule has 0 fully saturated rings. The molecule has 2 aromatic carbocycles. The predicted molar refractivity (Wildman–Crippen MR) is 115 cm³/mol. The van der Waals surface area contributed by atoms with Crippen molar-refractivity contribution in [2.45, 2.75) is 26.3 Å². The molecule has 0 spiro atoms. The summed E-state index contributed by atoms with van der Waals surface area (Å²) in [5.41, 5.74) is 9.08. The fraction of sp³-hybridized carbons (Fsp3) is 0.200. The van der Waals surface area contributed by atoms with Gasteiger partial charge >= 0.3 is 0 Å². The van der Waals surface area contributed by atoms with Crippen LogP contribution < -0.4 is 21.7 Å². The Morgan fingerprint density at radius 2 is 1.93 bits per heavy atom. The van der Waals surface area contributed by atoms with E-state index in [2.05, 4.69) is 25.9 Å². The van der Waals surface area contributed by atoms with Gasteiger partial charge in [0.05, 0.1) is 6.42 Å². The number of halogens is 1. The van der Waals surface area contributed by atoms with E-state index in [1.165, 1.54) is 0 Å². The summed E-state index contributed by atoms with van der Waals surface area (Å²) in [5.74, 6) is -0.628. The molecule has 29 heavy (non-hydrogen) atoms. The van der Waals surface area contributed by atoms with Crippen LogP contribution in [0, 0.1) is 13.8 Å². The number of hydrogen-bond acceptors (Lipinski definition) is 4. The molecule has 9 heteroatoms. The van der Waals surface area contributed by atoms with Gasteiger partial charge in [-0.05, 0) is 43.7 Å². The molecule has 0 saturated heterocycles. The molecule has 0 radical (unpaired) electrons. The van der Waals surface area contributed by atoms with Gasteiger partial charge in [0.15, 0.2) is 0 Å². The summed E-state index contributed by atoms with van der Waals surface area (Å²) in [5, 5.41) is 8.73. The summed E-state index contributed by atoms with van der Waals surface area (Å²) in [6.45, 7) is 3.78. The number of nitrogens with two attached hydrogens (primary N) is 1. The number of carbonyl (C=O) groups excluding carboxylic acids is 2. The van der Waals surface area contributed by atoms with Crippen molar-refractivity contribution in [3.8, 4) is 0 Å². The van der Waals surface area contributed by atoms with E-state index in [9.17, 15) is 9.59 Å².